The standard InChI is InChI=1S/C22H20Cl2N2O6/c1-2-31-21(29)13-3-6-16(7-4-13)26-11-14(9-20(26)28)22(30)32-12-19(27)25-15-5-8-17(23)18(24)10-15/h3-8,10,14H,2,9,11-12H2,1H3,(H,25,27)/t14-/m0/s1. The number of rotatable bonds is 7. The van der Waals surface area contributed by atoms with Gasteiger partial charge >= 0.3 is 11.9 Å². The van der Waals surface area contributed by atoms with E-state index in [2.05, 4.69) is 5.32 Å². The molecule has 0 unspecified atom stereocenters. The second-order valence-corrected chi connectivity index (χ2v) is 7.77. The number of esters is 2. The summed E-state index contributed by atoms with van der Waals surface area (Å²) in [4.78, 5) is 50.0. The number of hydrogen-bond donors (Lipinski definition) is 1. The molecule has 0 saturated carbocycles. The summed E-state index contributed by atoms with van der Waals surface area (Å²) >= 11 is 11.7. The fraction of sp³-hybridized carbons (Fsp3) is 0.273. The fourth-order valence-electron chi connectivity index (χ4n) is 3.13. The molecular formula is C22H20Cl2N2O6. The molecule has 10 heteroatoms. The predicted octanol–water partition coefficient (Wildman–Crippen LogP) is 3.70. The van der Waals surface area contributed by atoms with E-state index in [4.69, 9.17) is 32.7 Å². The fourth-order valence-corrected chi connectivity index (χ4v) is 3.43. The maximum atomic E-state index is 12.4. The Morgan fingerprint density at radius 1 is 1.06 bits per heavy atom. The van der Waals surface area contributed by atoms with Gasteiger partial charge in [-0.1, -0.05) is 23.2 Å². The first-order chi connectivity index (χ1) is 15.3. The van der Waals surface area contributed by atoms with Gasteiger partial charge in [0, 0.05) is 24.3 Å². The van der Waals surface area contributed by atoms with Gasteiger partial charge in [0.15, 0.2) is 6.61 Å². The number of benzene rings is 2. The Labute approximate surface area is 194 Å². The molecule has 1 saturated heterocycles. The molecule has 1 aliphatic heterocycles. The minimum Gasteiger partial charge on any atom is -0.462 e. The third-order valence-corrected chi connectivity index (χ3v) is 5.44. The van der Waals surface area contributed by atoms with E-state index in [0.717, 1.165) is 0 Å². The van der Waals surface area contributed by atoms with Crippen LogP contribution in [0.4, 0.5) is 11.4 Å². The molecule has 2 aromatic carbocycles. The Hall–Kier alpha value is -3.10. The zero-order valence-electron chi connectivity index (χ0n) is 17.1. The van der Waals surface area contributed by atoms with E-state index in [1.54, 1.807) is 37.3 Å². The molecule has 32 heavy (non-hydrogen) atoms. The lowest BCUT2D eigenvalue weighted by molar-refractivity contribution is -0.151. The summed E-state index contributed by atoms with van der Waals surface area (Å²) in [5, 5.41) is 3.18. The van der Waals surface area contributed by atoms with Crippen molar-refractivity contribution in [2.45, 2.75) is 13.3 Å². The highest BCUT2D eigenvalue weighted by Gasteiger charge is 2.36. The highest BCUT2D eigenvalue weighted by molar-refractivity contribution is 6.42. The van der Waals surface area contributed by atoms with Crippen LogP contribution >= 0.6 is 23.2 Å². The van der Waals surface area contributed by atoms with Gasteiger partial charge in [-0.05, 0) is 49.4 Å². The Balaban J connectivity index is 1.52. The molecular weight excluding hydrogens is 459 g/mol. The monoisotopic (exact) mass is 478 g/mol. The lowest BCUT2D eigenvalue weighted by atomic mass is 10.1. The van der Waals surface area contributed by atoms with Crippen molar-refractivity contribution in [3.63, 3.8) is 0 Å². The Morgan fingerprint density at radius 3 is 2.44 bits per heavy atom. The molecule has 1 fully saturated rings. The van der Waals surface area contributed by atoms with Crippen LogP contribution in [-0.2, 0) is 23.9 Å². The third-order valence-electron chi connectivity index (χ3n) is 4.70. The quantitative estimate of drug-likeness (QED) is 0.608. The maximum Gasteiger partial charge on any atom is 0.338 e. The molecule has 0 radical (unpaired) electrons. The van der Waals surface area contributed by atoms with Gasteiger partial charge in [-0.15, -0.1) is 0 Å². The lowest BCUT2D eigenvalue weighted by Crippen LogP contribution is -2.28. The van der Waals surface area contributed by atoms with E-state index in [-0.39, 0.29) is 30.5 Å². The van der Waals surface area contributed by atoms with Gasteiger partial charge < -0.3 is 19.7 Å². The molecule has 168 valence electrons. The van der Waals surface area contributed by atoms with Crippen LogP contribution in [0, 0.1) is 5.92 Å². The first-order valence-electron chi connectivity index (χ1n) is 9.77. The molecule has 1 heterocycles. The maximum absolute atomic E-state index is 12.4. The zero-order chi connectivity index (χ0) is 23.3. The van der Waals surface area contributed by atoms with Crippen molar-refractivity contribution in [2.75, 3.05) is 30.0 Å². The van der Waals surface area contributed by atoms with Crippen LogP contribution in [0.1, 0.15) is 23.7 Å². The summed E-state index contributed by atoms with van der Waals surface area (Å²) in [6.45, 7) is 1.59. The van der Waals surface area contributed by atoms with Crippen molar-refractivity contribution in [3.8, 4) is 0 Å². The van der Waals surface area contributed by atoms with E-state index in [1.165, 1.54) is 17.0 Å². The summed E-state index contributed by atoms with van der Waals surface area (Å²) in [7, 11) is 0. The first-order valence-corrected chi connectivity index (χ1v) is 10.5. The molecule has 2 aromatic rings. The number of hydrogen-bond acceptors (Lipinski definition) is 6. The molecule has 1 atom stereocenters. The number of nitrogens with zero attached hydrogens (tertiary/aromatic N) is 1. The first kappa shape index (κ1) is 23.6. The summed E-state index contributed by atoms with van der Waals surface area (Å²) in [6, 6.07) is 10.9. The molecule has 1 N–H and O–H groups in total. The van der Waals surface area contributed by atoms with Crippen molar-refractivity contribution in [1.82, 2.24) is 0 Å². The van der Waals surface area contributed by atoms with E-state index in [9.17, 15) is 19.2 Å². The van der Waals surface area contributed by atoms with Gasteiger partial charge in [0.25, 0.3) is 5.91 Å². The summed E-state index contributed by atoms with van der Waals surface area (Å²) < 4.78 is 10.0. The van der Waals surface area contributed by atoms with E-state index in [1.807, 2.05) is 0 Å². The smallest absolute Gasteiger partial charge is 0.338 e. The molecule has 1 aliphatic rings. The zero-order valence-corrected chi connectivity index (χ0v) is 18.6. The lowest BCUT2D eigenvalue weighted by Gasteiger charge is -2.17. The molecule has 3 rings (SSSR count). The minimum absolute atomic E-state index is 0.0348. The molecule has 2 amide bonds. The topological polar surface area (TPSA) is 102 Å². The van der Waals surface area contributed by atoms with Crippen molar-refractivity contribution in [2.24, 2.45) is 5.92 Å². The van der Waals surface area contributed by atoms with Crippen LogP contribution in [0.15, 0.2) is 42.5 Å². The van der Waals surface area contributed by atoms with E-state index >= 15 is 0 Å². The van der Waals surface area contributed by atoms with Crippen LogP contribution in [0.3, 0.4) is 0 Å². The Bertz CT molecular complexity index is 1040. The Morgan fingerprint density at radius 2 is 1.78 bits per heavy atom. The summed E-state index contributed by atoms with van der Waals surface area (Å²) in [6.07, 6.45) is -0.0348. The highest BCUT2D eigenvalue weighted by Crippen LogP contribution is 2.27. The average Bonchev–Trinajstić information content (AvgIpc) is 3.16. The number of nitrogens with one attached hydrogen (secondary N) is 1. The van der Waals surface area contributed by atoms with Gasteiger partial charge in [0.05, 0.1) is 28.1 Å². The molecule has 0 aromatic heterocycles. The van der Waals surface area contributed by atoms with E-state index < -0.39 is 30.4 Å². The highest BCUT2D eigenvalue weighted by atomic mass is 35.5. The number of anilines is 2. The number of amides is 2. The van der Waals surface area contributed by atoms with Gasteiger partial charge in [-0.2, -0.15) is 0 Å². The van der Waals surface area contributed by atoms with Gasteiger partial charge in [-0.25, -0.2) is 4.79 Å². The molecule has 8 nitrogen and oxygen atoms in total. The number of ether oxygens (including phenoxy) is 2. The molecule has 0 bridgehead atoms. The van der Waals surface area contributed by atoms with Gasteiger partial charge in [0.1, 0.15) is 0 Å². The number of halogens is 2. The molecule has 0 spiro atoms. The van der Waals surface area contributed by atoms with Crippen LogP contribution in [0.2, 0.25) is 10.0 Å². The van der Waals surface area contributed by atoms with Crippen molar-refractivity contribution >= 4 is 58.3 Å². The second-order valence-electron chi connectivity index (χ2n) is 6.96. The van der Waals surface area contributed by atoms with Crippen molar-refractivity contribution < 1.29 is 28.7 Å². The van der Waals surface area contributed by atoms with Crippen molar-refractivity contribution in [1.29, 1.82) is 0 Å². The average molecular weight is 479 g/mol. The minimum atomic E-state index is -0.704. The third kappa shape index (κ3) is 5.77. The predicted molar refractivity (Wildman–Crippen MR) is 119 cm³/mol. The van der Waals surface area contributed by atoms with Gasteiger partial charge in [0.2, 0.25) is 5.91 Å². The summed E-state index contributed by atoms with van der Waals surface area (Å²) in [5.41, 5.74) is 1.33. The summed E-state index contributed by atoms with van der Waals surface area (Å²) in [5.74, 6) is -2.60. The molecule has 0 aliphatic carbocycles. The number of carbonyl (C=O) groups is 4. The second kappa shape index (κ2) is 10.5. The van der Waals surface area contributed by atoms with Crippen LogP contribution in [0.5, 0.6) is 0 Å². The normalized spacial score (nSPS) is 15.4. The number of carbonyl (C=O) groups excluding carboxylic acids is 4. The van der Waals surface area contributed by atoms with Crippen molar-refractivity contribution in [3.05, 3.63) is 58.1 Å². The van der Waals surface area contributed by atoms with Crippen LogP contribution < -0.4 is 10.2 Å². The van der Waals surface area contributed by atoms with Gasteiger partial charge in [-0.3, -0.25) is 14.4 Å². The van der Waals surface area contributed by atoms with Crippen LogP contribution in [0.25, 0.3) is 0 Å². The largest absolute Gasteiger partial charge is 0.462 e. The Kier molecular flexibility index (Phi) is 7.71. The van der Waals surface area contributed by atoms with E-state index in [0.29, 0.717) is 22.0 Å². The van der Waals surface area contributed by atoms with Crippen LogP contribution in [-0.4, -0.2) is 43.5 Å². The SMILES string of the molecule is CCOC(=O)c1ccc(N2C[C@@H](C(=O)OCC(=O)Nc3ccc(Cl)c(Cl)c3)CC2=O)cc1.